The molecule has 3 rings (SSSR count). The summed E-state index contributed by atoms with van der Waals surface area (Å²) in [5.74, 6) is -2.46. The van der Waals surface area contributed by atoms with E-state index in [0.29, 0.717) is 0 Å². The fraction of sp³-hybridized carbons (Fsp3) is 0.227. The molecule has 0 radical (unpaired) electrons. The molecule has 0 aliphatic carbocycles. The van der Waals surface area contributed by atoms with Crippen molar-refractivity contribution in [3.05, 3.63) is 81.4 Å². The quantitative estimate of drug-likeness (QED) is 0.296. The van der Waals surface area contributed by atoms with Gasteiger partial charge in [0.25, 0.3) is 11.7 Å². The number of hydrogen-bond acceptors (Lipinski definition) is 3. The number of alkyl halides is 3. The molecule has 1 heterocycles. The molecule has 0 atom stereocenters. The first-order valence-electron chi connectivity index (χ1n) is 9.38. The van der Waals surface area contributed by atoms with Crippen LogP contribution in [0, 0.1) is 19.7 Å². The Morgan fingerprint density at radius 1 is 1.12 bits per heavy atom. The lowest BCUT2D eigenvalue weighted by molar-refractivity contribution is -0.137. The maximum Gasteiger partial charge on any atom is 0.416 e. The van der Waals surface area contributed by atoms with Gasteiger partial charge in [-0.3, -0.25) is 9.59 Å². The van der Waals surface area contributed by atoms with Crippen molar-refractivity contribution in [3.8, 4) is 5.69 Å². The minimum atomic E-state index is -4.54. The van der Waals surface area contributed by atoms with E-state index < -0.39 is 29.2 Å². The summed E-state index contributed by atoms with van der Waals surface area (Å²) in [5.41, 5.74) is -0.357. The predicted octanol–water partition coefficient (Wildman–Crippen LogP) is 5.14. The van der Waals surface area contributed by atoms with Crippen LogP contribution < -0.4 is 0 Å². The first-order valence-corrected chi connectivity index (χ1v) is 9.76. The van der Waals surface area contributed by atoms with E-state index in [1.165, 1.54) is 55.9 Å². The fourth-order valence-electron chi connectivity index (χ4n) is 3.31. The Bertz CT molecular complexity index is 1180. The van der Waals surface area contributed by atoms with E-state index >= 15 is 0 Å². The number of halogens is 5. The van der Waals surface area contributed by atoms with Crippen molar-refractivity contribution in [2.45, 2.75) is 26.6 Å². The number of hydrogen-bond donors (Lipinski definition) is 0. The van der Waals surface area contributed by atoms with Gasteiger partial charge in [-0.25, -0.2) is 9.07 Å². The van der Waals surface area contributed by atoms with Crippen molar-refractivity contribution in [2.75, 3.05) is 7.05 Å². The average Bonchev–Trinajstić information content (AvgIpc) is 3.03. The highest BCUT2D eigenvalue weighted by Crippen LogP contribution is 2.31. The van der Waals surface area contributed by atoms with Crippen LogP contribution in [0.5, 0.6) is 0 Å². The number of carbonyl (C=O) groups is 2. The van der Waals surface area contributed by atoms with Crippen LogP contribution in [0.3, 0.4) is 0 Å². The number of ketones is 1. The van der Waals surface area contributed by atoms with Gasteiger partial charge in [-0.15, -0.1) is 0 Å². The van der Waals surface area contributed by atoms with Crippen molar-refractivity contribution in [1.82, 2.24) is 14.7 Å². The van der Waals surface area contributed by atoms with Gasteiger partial charge in [-0.1, -0.05) is 23.7 Å². The molecule has 0 unspecified atom stereocenters. The minimum Gasteiger partial charge on any atom is -0.334 e. The Morgan fingerprint density at radius 2 is 1.78 bits per heavy atom. The van der Waals surface area contributed by atoms with Crippen molar-refractivity contribution >= 4 is 23.3 Å². The van der Waals surface area contributed by atoms with Gasteiger partial charge >= 0.3 is 6.18 Å². The number of amides is 1. The zero-order valence-electron chi connectivity index (χ0n) is 17.3. The van der Waals surface area contributed by atoms with Crippen molar-refractivity contribution in [2.24, 2.45) is 0 Å². The van der Waals surface area contributed by atoms with Crippen LogP contribution in [0.15, 0.2) is 42.5 Å². The number of carbonyl (C=O) groups excluding carboxylic acids is 2. The van der Waals surface area contributed by atoms with Crippen molar-refractivity contribution in [3.63, 3.8) is 0 Å². The molecule has 168 valence electrons. The molecule has 0 N–H and O–H groups in total. The molecule has 0 saturated heterocycles. The number of aromatic nitrogens is 2. The van der Waals surface area contributed by atoms with Gasteiger partial charge in [-0.05, 0) is 44.2 Å². The Kier molecular flexibility index (Phi) is 6.41. The second-order valence-electron chi connectivity index (χ2n) is 7.20. The summed E-state index contributed by atoms with van der Waals surface area (Å²) >= 11 is 5.98. The minimum absolute atomic E-state index is 0.0288. The molecule has 10 heteroatoms. The first kappa shape index (κ1) is 23.5. The third-order valence-electron chi connectivity index (χ3n) is 4.93. The van der Waals surface area contributed by atoms with E-state index in [-0.39, 0.29) is 39.8 Å². The van der Waals surface area contributed by atoms with Crippen molar-refractivity contribution in [1.29, 1.82) is 0 Å². The molecule has 1 amide bonds. The van der Waals surface area contributed by atoms with Crippen LogP contribution in [-0.4, -0.2) is 33.4 Å². The highest BCUT2D eigenvalue weighted by molar-refractivity contribution is 6.43. The van der Waals surface area contributed by atoms with E-state index in [4.69, 9.17) is 11.6 Å². The van der Waals surface area contributed by atoms with Gasteiger partial charge in [0.2, 0.25) is 0 Å². The zero-order chi connectivity index (χ0) is 23.8. The summed E-state index contributed by atoms with van der Waals surface area (Å²) in [6, 6.07) is 8.55. The van der Waals surface area contributed by atoms with E-state index in [2.05, 4.69) is 5.10 Å². The van der Waals surface area contributed by atoms with E-state index in [1.54, 1.807) is 0 Å². The molecule has 32 heavy (non-hydrogen) atoms. The van der Waals surface area contributed by atoms with Crippen LogP contribution >= 0.6 is 11.6 Å². The molecule has 5 nitrogen and oxygen atoms in total. The standard InChI is InChI=1S/C22H18ClF4N3O2/c1-12-19(13(2)30(28-12)15-7-4-6-14(10-15)22(25,26)27)20(31)21(32)29(3)11-16-17(23)8-5-9-18(16)24/h4-10H,11H2,1-3H3. The second kappa shape index (κ2) is 8.74. The lowest BCUT2D eigenvalue weighted by Crippen LogP contribution is -2.33. The smallest absolute Gasteiger partial charge is 0.334 e. The van der Waals surface area contributed by atoms with Crippen molar-refractivity contribution < 1.29 is 27.2 Å². The summed E-state index contributed by atoms with van der Waals surface area (Å²) in [5, 5.41) is 4.27. The summed E-state index contributed by atoms with van der Waals surface area (Å²) < 4.78 is 54.4. The van der Waals surface area contributed by atoms with Gasteiger partial charge in [0.15, 0.2) is 0 Å². The summed E-state index contributed by atoms with van der Waals surface area (Å²) in [4.78, 5) is 26.7. The average molecular weight is 468 g/mol. The maximum absolute atomic E-state index is 14.0. The number of nitrogens with zero attached hydrogens (tertiary/aromatic N) is 3. The second-order valence-corrected chi connectivity index (χ2v) is 7.60. The van der Waals surface area contributed by atoms with Gasteiger partial charge in [0.1, 0.15) is 5.82 Å². The number of likely N-dealkylation sites (N-methyl/N-ethyl adjacent to an activating group) is 1. The molecular formula is C22H18ClF4N3O2. The SMILES string of the molecule is Cc1nn(-c2cccc(C(F)(F)F)c2)c(C)c1C(=O)C(=O)N(C)Cc1c(F)cccc1Cl. The van der Waals surface area contributed by atoms with Crippen LogP contribution in [0.4, 0.5) is 17.6 Å². The molecule has 0 aliphatic rings. The maximum atomic E-state index is 14.0. The van der Waals surface area contributed by atoms with Crippen LogP contribution in [0.2, 0.25) is 5.02 Å². The topological polar surface area (TPSA) is 55.2 Å². The number of Topliss-reactive ketones (excluding diaryl/α,β-unsaturated/α-hetero) is 1. The Hall–Kier alpha value is -3.20. The Balaban J connectivity index is 1.91. The van der Waals surface area contributed by atoms with Crippen LogP contribution in [0.25, 0.3) is 5.69 Å². The molecule has 0 aliphatic heterocycles. The molecule has 0 bridgehead atoms. The van der Waals surface area contributed by atoms with E-state index in [9.17, 15) is 27.2 Å². The Labute approximate surface area is 186 Å². The predicted molar refractivity (Wildman–Crippen MR) is 110 cm³/mol. The Morgan fingerprint density at radius 3 is 2.41 bits per heavy atom. The highest BCUT2D eigenvalue weighted by atomic mass is 35.5. The monoisotopic (exact) mass is 467 g/mol. The van der Waals surface area contributed by atoms with Gasteiger partial charge in [0.05, 0.1) is 34.7 Å². The highest BCUT2D eigenvalue weighted by Gasteiger charge is 2.32. The third kappa shape index (κ3) is 4.52. The molecule has 0 fully saturated rings. The third-order valence-corrected chi connectivity index (χ3v) is 5.29. The van der Waals surface area contributed by atoms with Gasteiger partial charge in [0, 0.05) is 17.6 Å². The lowest BCUT2D eigenvalue weighted by Gasteiger charge is -2.18. The molecule has 0 saturated carbocycles. The van der Waals surface area contributed by atoms with Gasteiger partial charge in [-0.2, -0.15) is 18.3 Å². The largest absolute Gasteiger partial charge is 0.416 e. The summed E-state index contributed by atoms with van der Waals surface area (Å²) in [7, 11) is 1.32. The molecule has 0 spiro atoms. The molecular weight excluding hydrogens is 450 g/mol. The fourth-order valence-corrected chi connectivity index (χ4v) is 3.53. The molecule has 3 aromatic rings. The van der Waals surface area contributed by atoms with Crippen LogP contribution in [0.1, 0.15) is 32.9 Å². The summed E-state index contributed by atoms with van der Waals surface area (Å²) in [6.45, 7) is 2.72. The first-order chi connectivity index (χ1) is 14.9. The van der Waals surface area contributed by atoms with E-state index in [1.807, 2.05) is 0 Å². The molecule has 2 aromatic carbocycles. The van der Waals surface area contributed by atoms with E-state index in [0.717, 1.165) is 17.0 Å². The van der Waals surface area contributed by atoms with Crippen LogP contribution in [-0.2, 0) is 17.5 Å². The molecule has 1 aromatic heterocycles. The number of rotatable bonds is 5. The normalized spacial score (nSPS) is 11.5. The number of benzene rings is 2. The summed E-state index contributed by atoms with van der Waals surface area (Å²) in [6.07, 6.45) is -4.54. The van der Waals surface area contributed by atoms with Gasteiger partial charge < -0.3 is 4.90 Å². The zero-order valence-corrected chi connectivity index (χ0v) is 18.1. The lowest BCUT2D eigenvalue weighted by atomic mass is 10.1. The number of aryl methyl sites for hydroxylation is 1.